The summed E-state index contributed by atoms with van der Waals surface area (Å²) in [6.45, 7) is 0. The smallest absolute Gasteiger partial charge is 0.262 e. The van der Waals surface area contributed by atoms with E-state index in [1.54, 1.807) is 12.1 Å². The summed E-state index contributed by atoms with van der Waals surface area (Å²) in [5.74, 6) is -0.0846. The topological polar surface area (TPSA) is 71.3 Å². The molecule has 0 aliphatic heterocycles. The van der Waals surface area contributed by atoms with Crippen molar-refractivity contribution < 1.29 is 14.0 Å². The Kier molecular flexibility index (Phi) is 5.34. The molecule has 1 heterocycles. The number of carbonyl (C=O) groups is 2. The quantitative estimate of drug-likeness (QED) is 0.652. The minimum atomic E-state index is -0.417. The molecule has 2 rings (SSSR count). The highest BCUT2D eigenvalue weighted by molar-refractivity contribution is 5.92. The van der Waals surface area contributed by atoms with Crippen molar-refractivity contribution in [1.29, 1.82) is 0 Å². The van der Waals surface area contributed by atoms with E-state index in [1.807, 2.05) is 30.3 Å². The van der Waals surface area contributed by atoms with Gasteiger partial charge in [-0.25, -0.2) is 0 Å². The summed E-state index contributed by atoms with van der Waals surface area (Å²) < 4.78 is 5.04. The van der Waals surface area contributed by atoms with Crippen molar-refractivity contribution in [2.75, 3.05) is 0 Å². The third kappa shape index (κ3) is 5.36. The van der Waals surface area contributed by atoms with Gasteiger partial charge in [-0.3, -0.25) is 20.4 Å². The molecular formula is C16H16N2O3. The number of aryl methyl sites for hydroxylation is 1. The summed E-state index contributed by atoms with van der Waals surface area (Å²) in [7, 11) is 0. The number of furan rings is 1. The van der Waals surface area contributed by atoms with Gasteiger partial charge in [-0.2, -0.15) is 0 Å². The molecule has 108 valence electrons. The zero-order valence-corrected chi connectivity index (χ0v) is 11.4. The molecule has 2 aromatic rings. The van der Waals surface area contributed by atoms with E-state index >= 15 is 0 Å². The van der Waals surface area contributed by atoms with Gasteiger partial charge in [0.25, 0.3) is 5.91 Å². The lowest BCUT2D eigenvalue weighted by Crippen LogP contribution is -2.40. The van der Waals surface area contributed by atoms with Gasteiger partial charge in [0.1, 0.15) is 5.76 Å². The maximum Gasteiger partial charge on any atom is 0.262 e. The molecule has 0 saturated heterocycles. The highest BCUT2D eigenvalue weighted by atomic mass is 16.3. The van der Waals surface area contributed by atoms with Crippen molar-refractivity contribution >= 4 is 17.9 Å². The van der Waals surface area contributed by atoms with Gasteiger partial charge in [-0.1, -0.05) is 30.3 Å². The van der Waals surface area contributed by atoms with Gasteiger partial charge >= 0.3 is 0 Å². The zero-order valence-electron chi connectivity index (χ0n) is 11.4. The highest BCUT2D eigenvalue weighted by Crippen LogP contribution is 2.02. The van der Waals surface area contributed by atoms with Gasteiger partial charge in [0, 0.05) is 12.5 Å². The summed E-state index contributed by atoms with van der Waals surface area (Å²) in [4.78, 5) is 23.0. The SMILES string of the molecule is O=C(/C=C/c1ccco1)NNC(=O)CCc1ccccc1. The van der Waals surface area contributed by atoms with E-state index in [4.69, 9.17) is 4.42 Å². The third-order valence-corrected chi connectivity index (χ3v) is 2.75. The van der Waals surface area contributed by atoms with Gasteiger partial charge in [0.05, 0.1) is 6.26 Å². The molecule has 21 heavy (non-hydrogen) atoms. The van der Waals surface area contributed by atoms with Crippen LogP contribution in [-0.2, 0) is 16.0 Å². The molecule has 0 aliphatic rings. The van der Waals surface area contributed by atoms with Crippen molar-refractivity contribution in [1.82, 2.24) is 10.9 Å². The minimum Gasteiger partial charge on any atom is -0.465 e. The second-order valence-electron chi connectivity index (χ2n) is 4.37. The molecule has 0 unspecified atom stereocenters. The van der Waals surface area contributed by atoms with Gasteiger partial charge < -0.3 is 4.42 Å². The molecule has 0 saturated carbocycles. The third-order valence-electron chi connectivity index (χ3n) is 2.75. The van der Waals surface area contributed by atoms with E-state index in [0.717, 1.165) is 5.56 Å². The van der Waals surface area contributed by atoms with E-state index in [-0.39, 0.29) is 5.91 Å². The average molecular weight is 284 g/mol. The van der Waals surface area contributed by atoms with Crippen LogP contribution in [0.1, 0.15) is 17.7 Å². The van der Waals surface area contributed by atoms with Gasteiger partial charge in [-0.15, -0.1) is 0 Å². The Morgan fingerprint density at radius 2 is 1.86 bits per heavy atom. The molecule has 0 fully saturated rings. The van der Waals surface area contributed by atoms with Crippen molar-refractivity contribution in [3.63, 3.8) is 0 Å². The molecule has 1 aromatic heterocycles. The number of rotatable bonds is 5. The minimum absolute atomic E-state index is 0.237. The van der Waals surface area contributed by atoms with Crippen molar-refractivity contribution in [2.24, 2.45) is 0 Å². The molecule has 0 spiro atoms. The number of hydrogen-bond acceptors (Lipinski definition) is 3. The van der Waals surface area contributed by atoms with Gasteiger partial charge in [0.15, 0.2) is 0 Å². The van der Waals surface area contributed by atoms with Crippen LogP contribution in [0.3, 0.4) is 0 Å². The van der Waals surface area contributed by atoms with E-state index < -0.39 is 5.91 Å². The van der Waals surface area contributed by atoms with Crippen LogP contribution in [0.25, 0.3) is 6.08 Å². The molecule has 5 heteroatoms. The summed E-state index contributed by atoms with van der Waals surface area (Å²) in [6, 6.07) is 13.1. The second kappa shape index (κ2) is 7.69. The summed E-state index contributed by atoms with van der Waals surface area (Å²) in [5, 5.41) is 0. The van der Waals surface area contributed by atoms with Crippen LogP contribution in [0.4, 0.5) is 0 Å². The van der Waals surface area contributed by atoms with Crippen LogP contribution in [0.5, 0.6) is 0 Å². The first kappa shape index (κ1) is 14.6. The average Bonchev–Trinajstić information content (AvgIpc) is 3.03. The zero-order chi connectivity index (χ0) is 14.9. The predicted octanol–water partition coefficient (Wildman–Crippen LogP) is 2.07. The number of amides is 2. The van der Waals surface area contributed by atoms with Crippen molar-refractivity contribution in [2.45, 2.75) is 12.8 Å². The number of nitrogens with one attached hydrogen (secondary N) is 2. The Morgan fingerprint density at radius 1 is 1.05 bits per heavy atom. The van der Waals surface area contributed by atoms with Crippen LogP contribution < -0.4 is 10.9 Å². The maximum absolute atomic E-state index is 11.6. The summed E-state index contributed by atoms with van der Waals surface area (Å²) in [5.41, 5.74) is 5.76. The van der Waals surface area contributed by atoms with Crippen molar-refractivity contribution in [3.8, 4) is 0 Å². The number of benzene rings is 1. The first-order valence-corrected chi connectivity index (χ1v) is 6.58. The lowest BCUT2D eigenvalue weighted by atomic mass is 10.1. The Morgan fingerprint density at radius 3 is 2.57 bits per heavy atom. The molecule has 5 nitrogen and oxygen atoms in total. The largest absolute Gasteiger partial charge is 0.465 e. The standard InChI is InChI=1S/C16H16N2O3/c19-15(10-8-13-5-2-1-3-6-13)17-18-16(20)11-9-14-7-4-12-21-14/h1-7,9,11-12H,8,10H2,(H,17,19)(H,18,20)/b11-9+. The molecule has 2 N–H and O–H groups in total. The van der Waals surface area contributed by atoms with E-state index in [0.29, 0.717) is 18.6 Å². The number of hydrazine groups is 1. The Bertz CT molecular complexity index is 604. The molecule has 0 aliphatic carbocycles. The first-order valence-electron chi connectivity index (χ1n) is 6.58. The van der Waals surface area contributed by atoms with E-state index in [9.17, 15) is 9.59 Å². The monoisotopic (exact) mass is 284 g/mol. The highest BCUT2D eigenvalue weighted by Gasteiger charge is 2.03. The number of carbonyl (C=O) groups excluding carboxylic acids is 2. The molecular weight excluding hydrogens is 268 g/mol. The van der Waals surface area contributed by atoms with Crippen LogP contribution in [-0.4, -0.2) is 11.8 Å². The van der Waals surface area contributed by atoms with E-state index in [2.05, 4.69) is 10.9 Å². The normalized spacial score (nSPS) is 10.5. The van der Waals surface area contributed by atoms with Crippen molar-refractivity contribution in [3.05, 3.63) is 66.1 Å². The molecule has 0 bridgehead atoms. The summed E-state index contributed by atoms with van der Waals surface area (Å²) >= 11 is 0. The fourth-order valence-corrected chi connectivity index (χ4v) is 1.68. The second-order valence-corrected chi connectivity index (χ2v) is 4.37. The van der Waals surface area contributed by atoms with Gasteiger partial charge in [-0.05, 0) is 30.2 Å². The lowest BCUT2D eigenvalue weighted by molar-refractivity contribution is -0.126. The first-order chi connectivity index (χ1) is 10.2. The molecule has 0 radical (unpaired) electrons. The number of hydrogen-bond donors (Lipinski definition) is 2. The van der Waals surface area contributed by atoms with Crippen LogP contribution in [0.2, 0.25) is 0 Å². The predicted molar refractivity (Wildman–Crippen MR) is 78.8 cm³/mol. The Balaban J connectivity index is 1.68. The van der Waals surface area contributed by atoms with Crippen LogP contribution in [0.15, 0.2) is 59.2 Å². The lowest BCUT2D eigenvalue weighted by Gasteiger charge is -2.05. The Labute approximate surface area is 122 Å². The van der Waals surface area contributed by atoms with Crippen LogP contribution in [0, 0.1) is 0 Å². The van der Waals surface area contributed by atoms with Crippen LogP contribution >= 0.6 is 0 Å². The fourth-order valence-electron chi connectivity index (χ4n) is 1.68. The molecule has 1 aromatic carbocycles. The fraction of sp³-hybridized carbons (Fsp3) is 0.125. The molecule has 0 atom stereocenters. The summed E-state index contributed by atoms with van der Waals surface area (Å²) in [6.07, 6.45) is 5.27. The Hall–Kier alpha value is -2.82. The maximum atomic E-state index is 11.6. The van der Waals surface area contributed by atoms with E-state index in [1.165, 1.54) is 18.4 Å². The van der Waals surface area contributed by atoms with Gasteiger partial charge in [0.2, 0.25) is 5.91 Å². The molecule has 2 amide bonds.